The van der Waals surface area contributed by atoms with Crippen molar-refractivity contribution in [3.05, 3.63) is 40.9 Å². The highest BCUT2D eigenvalue weighted by atomic mass is 32.1. The second-order valence-electron chi connectivity index (χ2n) is 5.73. The van der Waals surface area contributed by atoms with Crippen LogP contribution < -0.4 is 5.32 Å². The van der Waals surface area contributed by atoms with E-state index >= 15 is 0 Å². The molecule has 0 saturated carbocycles. The average molecular weight is 345 g/mol. The van der Waals surface area contributed by atoms with Crippen molar-refractivity contribution in [1.29, 1.82) is 0 Å². The zero-order valence-corrected chi connectivity index (χ0v) is 14.3. The Morgan fingerprint density at radius 1 is 1.25 bits per heavy atom. The fourth-order valence-electron chi connectivity index (χ4n) is 2.66. The molecule has 1 aromatic heterocycles. The third-order valence-corrected chi connectivity index (χ3v) is 4.50. The number of rotatable bonds is 4. The van der Waals surface area contributed by atoms with E-state index in [-0.39, 0.29) is 11.8 Å². The van der Waals surface area contributed by atoms with Crippen LogP contribution in [0.15, 0.2) is 29.8 Å². The van der Waals surface area contributed by atoms with Gasteiger partial charge in [-0.2, -0.15) is 0 Å². The van der Waals surface area contributed by atoms with Crippen molar-refractivity contribution in [2.45, 2.75) is 6.92 Å². The van der Waals surface area contributed by atoms with Crippen LogP contribution in [-0.4, -0.2) is 64.5 Å². The summed E-state index contributed by atoms with van der Waals surface area (Å²) in [7, 11) is 0. The van der Waals surface area contributed by atoms with Crippen LogP contribution in [0.3, 0.4) is 0 Å². The van der Waals surface area contributed by atoms with Crippen molar-refractivity contribution >= 4 is 28.3 Å². The molecule has 1 fully saturated rings. The summed E-state index contributed by atoms with van der Waals surface area (Å²) in [6, 6.07) is 7.63. The fourth-order valence-corrected chi connectivity index (χ4v) is 3.12. The van der Waals surface area contributed by atoms with Gasteiger partial charge in [0, 0.05) is 31.7 Å². The standard InChI is InChI=1S/C16H19N5O2S/c1-12-3-2-4-13(9-12)15(23)21-7-5-20(6-8-21)10-14(22)18-16-19-17-11-24-16/h2-4,9,11H,5-8,10H2,1H3,(H,18,19,22). The van der Waals surface area contributed by atoms with Crippen LogP contribution in [0.4, 0.5) is 5.13 Å². The van der Waals surface area contributed by atoms with Crippen molar-refractivity contribution in [3.8, 4) is 0 Å². The van der Waals surface area contributed by atoms with E-state index in [0.717, 1.165) is 11.1 Å². The monoisotopic (exact) mass is 345 g/mol. The van der Waals surface area contributed by atoms with Gasteiger partial charge in [0.15, 0.2) is 0 Å². The van der Waals surface area contributed by atoms with E-state index in [1.165, 1.54) is 11.3 Å². The molecule has 0 radical (unpaired) electrons. The van der Waals surface area contributed by atoms with Crippen LogP contribution >= 0.6 is 11.3 Å². The molecule has 1 N–H and O–H groups in total. The van der Waals surface area contributed by atoms with Crippen molar-refractivity contribution in [2.75, 3.05) is 38.0 Å². The fraction of sp³-hybridized carbons (Fsp3) is 0.375. The molecule has 0 unspecified atom stereocenters. The Morgan fingerprint density at radius 3 is 2.71 bits per heavy atom. The van der Waals surface area contributed by atoms with Crippen molar-refractivity contribution in [3.63, 3.8) is 0 Å². The number of carbonyl (C=O) groups is 2. The van der Waals surface area contributed by atoms with Gasteiger partial charge in [0.25, 0.3) is 5.91 Å². The zero-order chi connectivity index (χ0) is 16.9. The second kappa shape index (κ2) is 7.50. The number of carbonyl (C=O) groups excluding carboxylic acids is 2. The number of aromatic nitrogens is 2. The smallest absolute Gasteiger partial charge is 0.253 e. The third-order valence-electron chi connectivity index (χ3n) is 3.90. The molecule has 8 heteroatoms. The van der Waals surface area contributed by atoms with Crippen LogP contribution in [0.1, 0.15) is 15.9 Å². The summed E-state index contributed by atoms with van der Waals surface area (Å²) in [6.45, 7) is 4.89. The van der Waals surface area contributed by atoms with Crippen molar-refractivity contribution in [1.82, 2.24) is 20.0 Å². The molecule has 0 spiro atoms. The summed E-state index contributed by atoms with van der Waals surface area (Å²) in [5, 5.41) is 10.7. The van der Waals surface area contributed by atoms with Gasteiger partial charge >= 0.3 is 0 Å². The second-order valence-corrected chi connectivity index (χ2v) is 6.56. The molecule has 1 aromatic carbocycles. The molecule has 3 rings (SSSR count). The lowest BCUT2D eigenvalue weighted by molar-refractivity contribution is -0.117. The van der Waals surface area contributed by atoms with E-state index in [0.29, 0.717) is 37.9 Å². The van der Waals surface area contributed by atoms with Gasteiger partial charge in [-0.05, 0) is 19.1 Å². The minimum Gasteiger partial charge on any atom is -0.336 e. The van der Waals surface area contributed by atoms with Crippen LogP contribution in [0, 0.1) is 6.92 Å². The summed E-state index contributed by atoms with van der Waals surface area (Å²) in [5.41, 5.74) is 3.37. The van der Waals surface area contributed by atoms with E-state index in [4.69, 9.17) is 0 Å². The Balaban J connectivity index is 1.48. The maximum Gasteiger partial charge on any atom is 0.253 e. The average Bonchev–Trinajstić information content (AvgIpc) is 3.07. The highest BCUT2D eigenvalue weighted by Gasteiger charge is 2.23. The molecule has 1 aliphatic heterocycles. The lowest BCUT2D eigenvalue weighted by atomic mass is 10.1. The summed E-state index contributed by atoms with van der Waals surface area (Å²) >= 11 is 1.29. The van der Waals surface area contributed by atoms with E-state index in [1.54, 1.807) is 5.51 Å². The van der Waals surface area contributed by atoms with Gasteiger partial charge in [0.05, 0.1) is 6.54 Å². The first kappa shape index (κ1) is 16.5. The SMILES string of the molecule is Cc1cccc(C(=O)N2CCN(CC(=O)Nc3nncs3)CC2)c1. The minimum atomic E-state index is -0.106. The molecule has 24 heavy (non-hydrogen) atoms. The van der Waals surface area contributed by atoms with Crippen LogP contribution in [0.5, 0.6) is 0 Å². The van der Waals surface area contributed by atoms with Crippen molar-refractivity contribution < 1.29 is 9.59 Å². The molecular weight excluding hydrogens is 326 g/mol. The van der Waals surface area contributed by atoms with Crippen LogP contribution in [0.25, 0.3) is 0 Å². The normalized spacial score (nSPS) is 15.3. The first-order valence-corrected chi connectivity index (χ1v) is 8.64. The van der Waals surface area contributed by atoms with Gasteiger partial charge in [0.2, 0.25) is 11.0 Å². The number of amides is 2. The Bertz CT molecular complexity index is 711. The molecule has 2 amide bonds. The Kier molecular flexibility index (Phi) is 5.17. The lowest BCUT2D eigenvalue weighted by Crippen LogP contribution is -2.50. The van der Waals surface area contributed by atoms with Gasteiger partial charge in [-0.25, -0.2) is 0 Å². The van der Waals surface area contributed by atoms with E-state index in [1.807, 2.05) is 41.0 Å². The van der Waals surface area contributed by atoms with Crippen molar-refractivity contribution in [2.24, 2.45) is 0 Å². The van der Waals surface area contributed by atoms with Crippen LogP contribution in [-0.2, 0) is 4.79 Å². The van der Waals surface area contributed by atoms with Gasteiger partial charge in [0.1, 0.15) is 5.51 Å². The molecule has 0 atom stereocenters. The van der Waals surface area contributed by atoms with E-state index in [2.05, 4.69) is 15.5 Å². The Labute approximate surface area is 144 Å². The van der Waals surface area contributed by atoms with Gasteiger partial charge < -0.3 is 4.90 Å². The Morgan fingerprint density at radius 2 is 2.04 bits per heavy atom. The number of anilines is 1. The van der Waals surface area contributed by atoms with E-state index < -0.39 is 0 Å². The number of aryl methyl sites for hydroxylation is 1. The largest absolute Gasteiger partial charge is 0.336 e. The third kappa shape index (κ3) is 4.15. The summed E-state index contributed by atoms with van der Waals surface area (Å²) < 4.78 is 0. The number of hydrogen-bond donors (Lipinski definition) is 1. The minimum absolute atomic E-state index is 0.0525. The molecule has 2 aromatic rings. The number of nitrogens with one attached hydrogen (secondary N) is 1. The lowest BCUT2D eigenvalue weighted by Gasteiger charge is -2.34. The van der Waals surface area contributed by atoms with Gasteiger partial charge in [-0.15, -0.1) is 10.2 Å². The highest BCUT2D eigenvalue weighted by Crippen LogP contribution is 2.11. The molecular formula is C16H19N5O2S. The predicted octanol–water partition coefficient (Wildman–Crippen LogP) is 1.24. The van der Waals surface area contributed by atoms with Gasteiger partial charge in [-0.3, -0.25) is 19.8 Å². The predicted molar refractivity (Wildman–Crippen MR) is 92.1 cm³/mol. The number of hydrogen-bond acceptors (Lipinski definition) is 6. The van der Waals surface area contributed by atoms with E-state index in [9.17, 15) is 9.59 Å². The first-order valence-electron chi connectivity index (χ1n) is 7.76. The summed E-state index contributed by atoms with van der Waals surface area (Å²) in [5.74, 6) is -0.0538. The molecule has 126 valence electrons. The first-order chi connectivity index (χ1) is 11.6. The molecule has 2 heterocycles. The molecule has 7 nitrogen and oxygen atoms in total. The van der Waals surface area contributed by atoms with Crippen LogP contribution in [0.2, 0.25) is 0 Å². The summed E-state index contributed by atoms with van der Waals surface area (Å²) in [6.07, 6.45) is 0. The maximum absolute atomic E-state index is 12.5. The Hall–Kier alpha value is -2.32. The molecule has 1 aliphatic rings. The number of nitrogens with zero attached hydrogens (tertiary/aromatic N) is 4. The number of benzene rings is 1. The molecule has 1 saturated heterocycles. The molecule has 0 aliphatic carbocycles. The van der Waals surface area contributed by atoms with Gasteiger partial charge in [-0.1, -0.05) is 29.0 Å². The zero-order valence-electron chi connectivity index (χ0n) is 13.4. The summed E-state index contributed by atoms with van der Waals surface area (Å²) in [4.78, 5) is 28.3. The number of piperazine rings is 1. The quantitative estimate of drug-likeness (QED) is 0.902. The topological polar surface area (TPSA) is 78.4 Å². The highest BCUT2D eigenvalue weighted by molar-refractivity contribution is 7.13. The maximum atomic E-state index is 12.5. The molecule has 0 bridgehead atoms.